The topological polar surface area (TPSA) is 62.7 Å². The SMILES string of the molecule is Cc1cc(CC2COC(C)(C)N2C(=O)O)ccn1. The Labute approximate surface area is 106 Å². The molecule has 0 aromatic carbocycles. The van der Waals surface area contributed by atoms with Gasteiger partial charge in [-0.2, -0.15) is 0 Å². The van der Waals surface area contributed by atoms with Crippen LogP contribution in [0.5, 0.6) is 0 Å². The van der Waals surface area contributed by atoms with Crippen LogP contribution in [0.15, 0.2) is 18.3 Å². The number of aryl methyl sites for hydroxylation is 1. The van der Waals surface area contributed by atoms with Crippen molar-refractivity contribution in [2.75, 3.05) is 6.61 Å². The maximum atomic E-state index is 11.3. The van der Waals surface area contributed by atoms with Crippen molar-refractivity contribution in [1.82, 2.24) is 9.88 Å². The Morgan fingerprint density at radius 2 is 2.39 bits per heavy atom. The zero-order valence-electron chi connectivity index (χ0n) is 10.9. The maximum absolute atomic E-state index is 11.3. The Balaban J connectivity index is 2.17. The molecule has 2 rings (SSSR count). The molecule has 5 heteroatoms. The second kappa shape index (κ2) is 4.57. The summed E-state index contributed by atoms with van der Waals surface area (Å²) < 4.78 is 5.56. The number of rotatable bonds is 2. The van der Waals surface area contributed by atoms with Crippen molar-refractivity contribution in [2.45, 2.75) is 39.0 Å². The van der Waals surface area contributed by atoms with Gasteiger partial charge >= 0.3 is 6.09 Å². The number of carboxylic acid groups (broad SMARTS) is 1. The van der Waals surface area contributed by atoms with Crippen LogP contribution in [0, 0.1) is 6.92 Å². The molecule has 1 saturated heterocycles. The lowest BCUT2D eigenvalue weighted by molar-refractivity contribution is -0.0419. The first-order chi connectivity index (χ1) is 8.40. The summed E-state index contributed by atoms with van der Waals surface area (Å²) in [5.41, 5.74) is 1.27. The first-order valence-corrected chi connectivity index (χ1v) is 5.98. The number of ether oxygens (including phenoxy) is 1. The van der Waals surface area contributed by atoms with Gasteiger partial charge in [-0.15, -0.1) is 0 Å². The maximum Gasteiger partial charge on any atom is 0.409 e. The summed E-state index contributed by atoms with van der Waals surface area (Å²) in [6.45, 7) is 5.91. The highest BCUT2D eigenvalue weighted by Gasteiger charge is 2.43. The molecule has 1 atom stereocenters. The quantitative estimate of drug-likeness (QED) is 0.872. The second-order valence-electron chi connectivity index (χ2n) is 5.07. The van der Waals surface area contributed by atoms with E-state index in [-0.39, 0.29) is 6.04 Å². The summed E-state index contributed by atoms with van der Waals surface area (Å²) in [5.74, 6) is 0. The standard InChI is InChI=1S/C13H18N2O3/c1-9-6-10(4-5-14-9)7-11-8-18-13(2,3)15(11)12(16)17/h4-6,11H,7-8H2,1-3H3,(H,16,17). The smallest absolute Gasteiger partial charge is 0.409 e. The van der Waals surface area contributed by atoms with Gasteiger partial charge < -0.3 is 9.84 Å². The van der Waals surface area contributed by atoms with Crippen LogP contribution in [0.4, 0.5) is 4.79 Å². The third-order valence-electron chi connectivity index (χ3n) is 3.21. The van der Waals surface area contributed by atoms with Gasteiger partial charge in [-0.3, -0.25) is 9.88 Å². The summed E-state index contributed by atoms with van der Waals surface area (Å²) >= 11 is 0. The number of pyridine rings is 1. The Kier molecular flexibility index (Phi) is 3.26. The van der Waals surface area contributed by atoms with Crippen molar-refractivity contribution in [3.05, 3.63) is 29.6 Å². The fourth-order valence-electron chi connectivity index (χ4n) is 2.42. The number of hydrogen-bond donors (Lipinski definition) is 1. The van der Waals surface area contributed by atoms with E-state index in [0.717, 1.165) is 11.3 Å². The fraction of sp³-hybridized carbons (Fsp3) is 0.538. The molecule has 0 spiro atoms. The third kappa shape index (κ3) is 2.46. The molecule has 0 bridgehead atoms. The van der Waals surface area contributed by atoms with Gasteiger partial charge in [0.15, 0.2) is 0 Å². The van der Waals surface area contributed by atoms with E-state index in [1.807, 2.05) is 19.1 Å². The van der Waals surface area contributed by atoms with E-state index >= 15 is 0 Å². The molecule has 0 aliphatic carbocycles. The van der Waals surface area contributed by atoms with E-state index in [1.54, 1.807) is 20.0 Å². The molecule has 5 nitrogen and oxygen atoms in total. The van der Waals surface area contributed by atoms with Gasteiger partial charge in [0.2, 0.25) is 0 Å². The lowest BCUT2D eigenvalue weighted by Gasteiger charge is -2.31. The van der Waals surface area contributed by atoms with Crippen LogP contribution in [-0.4, -0.2) is 39.5 Å². The molecule has 1 aromatic heterocycles. The predicted octanol–water partition coefficient (Wildman–Crippen LogP) is 2.05. The molecule has 1 unspecified atom stereocenters. The average Bonchev–Trinajstić information content (AvgIpc) is 2.53. The molecule has 0 saturated carbocycles. The third-order valence-corrected chi connectivity index (χ3v) is 3.21. The van der Waals surface area contributed by atoms with Crippen molar-refractivity contribution in [3.63, 3.8) is 0 Å². The monoisotopic (exact) mass is 250 g/mol. The van der Waals surface area contributed by atoms with Crippen LogP contribution in [-0.2, 0) is 11.2 Å². The highest BCUT2D eigenvalue weighted by Crippen LogP contribution is 2.29. The molecular weight excluding hydrogens is 232 g/mol. The van der Waals surface area contributed by atoms with E-state index in [1.165, 1.54) is 4.90 Å². The van der Waals surface area contributed by atoms with Gasteiger partial charge in [0.05, 0.1) is 12.6 Å². The second-order valence-corrected chi connectivity index (χ2v) is 5.07. The Bertz CT molecular complexity index is 459. The van der Waals surface area contributed by atoms with E-state index in [9.17, 15) is 9.90 Å². The number of hydrogen-bond acceptors (Lipinski definition) is 3. The van der Waals surface area contributed by atoms with Gasteiger partial charge in [0, 0.05) is 11.9 Å². The minimum absolute atomic E-state index is 0.140. The van der Waals surface area contributed by atoms with Crippen molar-refractivity contribution in [3.8, 4) is 0 Å². The van der Waals surface area contributed by atoms with Crippen LogP contribution in [0.3, 0.4) is 0 Å². The molecule has 1 aliphatic rings. The van der Waals surface area contributed by atoms with Gasteiger partial charge in [-0.05, 0) is 44.9 Å². The van der Waals surface area contributed by atoms with Crippen LogP contribution in [0.25, 0.3) is 0 Å². The predicted molar refractivity (Wildman–Crippen MR) is 66.4 cm³/mol. The first-order valence-electron chi connectivity index (χ1n) is 5.98. The summed E-state index contributed by atoms with van der Waals surface area (Å²) in [7, 11) is 0. The number of aromatic nitrogens is 1. The minimum atomic E-state index is -0.937. The van der Waals surface area contributed by atoms with Crippen LogP contribution in [0.2, 0.25) is 0 Å². The fourth-order valence-corrected chi connectivity index (χ4v) is 2.42. The van der Waals surface area contributed by atoms with Gasteiger partial charge in [-0.1, -0.05) is 0 Å². The van der Waals surface area contributed by atoms with E-state index in [0.29, 0.717) is 13.0 Å². The Hall–Kier alpha value is -1.62. The van der Waals surface area contributed by atoms with Crippen molar-refractivity contribution < 1.29 is 14.6 Å². The zero-order chi connectivity index (χ0) is 13.3. The zero-order valence-corrected chi connectivity index (χ0v) is 10.9. The van der Waals surface area contributed by atoms with Gasteiger partial charge in [0.25, 0.3) is 0 Å². The van der Waals surface area contributed by atoms with E-state index in [4.69, 9.17) is 4.74 Å². The molecule has 1 aromatic rings. The molecule has 1 fully saturated rings. The molecule has 1 N–H and O–H groups in total. The molecule has 1 aliphatic heterocycles. The number of nitrogens with zero attached hydrogens (tertiary/aromatic N) is 2. The highest BCUT2D eigenvalue weighted by atomic mass is 16.5. The Morgan fingerprint density at radius 1 is 1.67 bits per heavy atom. The number of amides is 1. The van der Waals surface area contributed by atoms with E-state index in [2.05, 4.69) is 4.98 Å². The average molecular weight is 250 g/mol. The highest BCUT2D eigenvalue weighted by molar-refractivity contribution is 5.66. The van der Waals surface area contributed by atoms with E-state index < -0.39 is 11.8 Å². The molecule has 18 heavy (non-hydrogen) atoms. The largest absolute Gasteiger partial charge is 0.465 e. The van der Waals surface area contributed by atoms with Crippen molar-refractivity contribution in [1.29, 1.82) is 0 Å². The molecule has 1 amide bonds. The lowest BCUT2D eigenvalue weighted by atomic mass is 10.1. The molecular formula is C13H18N2O3. The molecule has 2 heterocycles. The Morgan fingerprint density at radius 3 is 3.00 bits per heavy atom. The van der Waals surface area contributed by atoms with Crippen molar-refractivity contribution in [2.24, 2.45) is 0 Å². The van der Waals surface area contributed by atoms with Crippen molar-refractivity contribution >= 4 is 6.09 Å². The summed E-state index contributed by atoms with van der Waals surface area (Å²) in [4.78, 5) is 16.8. The normalized spacial score (nSPS) is 22.2. The summed E-state index contributed by atoms with van der Waals surface area (Å²) in [6, 6.07) is 3.75. The van der Waals surface area contributed by atoms with Crippen LogP contribution in [0.1, 0.15) is 25.1 Å². The van der Waals surface area contributed by atoms with Gasteiger partial charge in [-0.25, -0.2) is 4.79 Å². The summed E-state index contributed by atoms with van der Waals surface area (Å²) in [5, 5.41) is 9.29. The molecule has 0 radical (unpaired) electrons. The number of carbonyl (C=O) groups is 1. The molecule has 98 valence electrons. The van der Waals surface area contributed by atoms with Crippen LogP contribution < -0.4 is 0 Å². The first kappa shape index (κ1) is 12.8. The summed E-state index contributed by atoms with van der Waals surface area (Å²) in [6.07, 6.45) is 1.46. The van der Waals surface area contributed by atoms with Crippen LogP contribution >= 0.6 is 0 Å². The minimum Gasteiger partial charge on any atom is -0.465 e. The lowest BCUT2D eigenvalue weighted by Crippen LogP contribution is -2.47. The van der Waals surface area contributed by atoms with Gasteiger partial charge in [0.1, 0.15) is 5.72 Å².